The van der Waals surface area contributed by atoms with Crippen LogP contribution in [-0.2, 0) is 0 Å². The van der Waals surface area contributed by atoms with Crippen LogP contribution in [0, 0.1) is 0 Å². The Labute approximate surface area is 197 Å². The first-order chi connectivity index (χ1) is 16.6. The van der Waals surface area contributed by atoms with Crippen molar-refractivity contribution in [3.63, 3.8) is 0 Å². The minimum Gasteiger partial charge on any atom is -0.493 e. The second-order valence-electron chi connectivity index (χ2n) is 7.79. The summed E-state index contributed by atoms with van der Waals surface area (Å²) in [5, 5.41) is 0.878. The van der Waals surface area contributed by atoms with Gasteiger partial charge in [-0.2, -0.15) is 0 Å². The SMILES string of the molecule is COc1cccc([C@H]2c3c(oc4ccccc4c3=O)C(=O)N2c2nc3ccccc3s2)c1OC. The normalized spacial score (nSPS) is 15.2. The van der Waals surface area contributed by atoms with E-state index in [-0.39, 0.29) is 16.8 Å². The van der Waals surface area contributed by atoms with Crippen LogP contribution < -0.4 is 19.8 Å². The second-order valence-corrected chi connectivity index (χ2v) is 8.80. The highest BCUT2D eigenvalue weighted by atomic mass is 32.1. The molecule has 1 aliphatic heterocycles. The van der Waals surface area contributed by atoms with Gasteiger partial charge in [0, 0.05) is 5.56 Å². The molecule has 3 aromatic carbocycles. The maximum atomic E-state index is 13.8. The molecule has 0 spiro atoms. The summed E-state index contributed by atoms with van der Waals surface area (Å²) in [4.78, 5) is 33.8. The van der Waals surface area contributed by atoms with Crippen LogP contribution in [0.1, 0.15) is 27.7 Å². The van der Waals surface area contributed by atoms with Gasteiger partial charge < -0.3 is 13.9 Å². The summed E-state index contributed by atoms with van der Waals surface area (Å²) in [6, 6.07) is 19.2. The Hall–Kier alpha value is -4.17. The molecule has 34 heavy (non-hydrogen) atoms. The van der Waals surface area contributed by atoms with Gasteiger partial charge in [-0.3, -0.25) is 14.5 Å². The first kappa shape index (κ1) is 20.4. The third kappa shape index (κ3) is 2.85. The van der Waals surface area contributed by atoms with Gasteiger partial charge in [0.1, 0.15) is 11.6 Å². The minimum atomic E-state index is -0.797. The van der Waals surface area contributed by atoms with E-state index in [1.54, 1.807) is 43.5 Å². The Bertz CT molecular complexity index is 1620. The summed E-state index contributed by atoms with van der Waals surface area (Å²) in [5.74, 6) is 0.522. The smallest absolute Gasteiger partial charge is 0.297 e. The summed E-state index contributed by atoms with van der Waals surface area (Å²) in [7, 11) is 3.08. The van der Waals surface area contributed by atoms with Crippen molar-refractivity contribution in [3.8, 4) is 11.5 Å². The average Bonchev–Trinajstić information content (AvgIpc) is 3.42. The van der Waals surface area contributed by atoms with Crippen LogP contribution in [0.4, 0.5) is 5.13 Å². The van der Waals surface area contributed by atoms with Gasteiger partial charge in [-0.05, 0) is 30.3 Å². The highest BCUT2D eigenvalue weighted by Crippen LogP contribution is 2.47. The number of nitrogens with zero attached hydrogens (tertiary/aromatic N) is 2. The highest BCUT2D eigenvalue weighted by Gasteiger charge is 2.46. The van der Waals surface area contributed by atoms with Crippen LogP contribution in [0.15, 0.2) is 75.9 Å². The molecule has 1 amide bonds. The Morgan fingerprint density at radius 2 is 1.74 bits per heavy atom. The molecule has 3 heterocycles. The first-order valence-electron chi connectivity index (χ1n) is 10.6. The van der Waals surface area contributed by atoms with E-state index in [2.05, 4.69) is 0 Å². The van der Waals surface area contributed by atoms with Crippen molar-refractivity contribution in [2.75, 3.05) is 19.1 Å². The molecule has 0 unspecified atom stereocenters. The van der Waals surface area contributed by atoms with Crippen molar-refractivity contribution < 1.29 is 18.7 Å². The van der Waals surface area contributed by atoms with Crippen molar-refractivity contribution in [2.45, 2.75) is 6.04 Å². The van der Waals surface area contributed by atoms with Gasteiger partial charge >= 0.3 is 0 Å². The van der Waals surface area contributed by atoms with Crippen LogP contribution >= 0.6 is 11.3 Å². The topological polar surface area (TPSA) is 81.9 Å². The van der Waals surface area contributed by atoms with E-state index in [9.17, 15) is 9.59 Å². The number of ether oxygens (including phenoxy) is 2. The third-order valence-electron chi connectivity index (χ3n) is 5.99. The molecule has 1 aliphatic rings. The number of benzene rings is 3. The van der Waals surface area contributed by atoms with Crippen molar-refractivity contribution >= 4 is 43.6 Å². The molecular weight excluding hydrogens is 452 g/mol. The molecule has 0 fully saturated rings. The van der Waals surface area contributed by atoms with Crippen LogP contribution in [0.3, 0.4) is 0 Å². The van der Waals surface area contributed by atoms with E-state index >= 15 is 0 Å². The molecule has 0 bridgehead atoms. The highest BCUT2D eigenvalue weighted by molar-refractivity contribution is 7.22. The Balaban J connectivity index is 1.68. The van der Waals surface area contributed by atoms with E-state index in [1.165, 1.54) is 23.3 Å². The molecule has 0 radical (unpaired) electrons. The van der Waals surface area contributed by atoms with Crippen molar-refractivity contribution in [2.24, 2.45) is 0 Å². The molecule has 1 atom stereocenters. The zero-order valence-electron chi connectivity index (χ0n) is 18.3. The maximum absolute atomic E-state index is 13.8. The Kier molecular flexibility index (Phi) is 4.63. The van der Waals surface area contributed by atoms with Gasteiger partial charge in [-0.1, -0.05) is 47.7 Å². The number of thiazole rings is 1. The van der Waals surface area contributed by atoms with Gasteiger partial charge in [0.15, 0.2) is 22.1 Å². The van der Waals surface area contributed by atoms with Gasteiger partial charge in [0.2, 0.25) is 5.76 Å². The number of carbonyl (C=O) groups excluding carboxylic acids is 1. The zero-order chi connectivity index (χ0) is 23.4. The lowest BCUT2D eigenvalue weighted by Gasteiger charge is -2.24. The predicted octanol–water partition coefficient (Wildman–Crippen LogP) is 5.17. The van der Waals surface area contributed by atoms with Crippen molar-refractivity contribution in [3.05, 3.63) is 93.8 Å². The number of methoxy groups -OCH3 is 2. The standard InChI is InChI=1S/C26H18N2O5S/c1-31-18-12-7-9-15(23(18)32-2)21-20-22(29)14-8-3-5-11-17(14)33-24(20)25(30)28(21)26-27-16-10-4-6-13-19(16)34-26/h3-13,21H,1-2H3/t21-/m0/s1. The largest absolute Gasteiger partial charge is 0.493 e. The summed E-state index contributed by atoms with van der Waals surface area (Å²) < 4.78 is 18.1. The van der Waals surface area contributed by atoms with Crippen LogP contribution in [0.25, 0.3) is 21.2 Å². The molecule has 2 aromatic heterocycles. The fourth-order valence-electron chi connectivity index (χ4n) is 4.50. The lowest BCUT2D eigenvalue weighted by atomic mass is 9.97. The molecule has 0 N–H and O–H groups in total. The molecule has 0 saturated heterocycles. The number of hydrogen-bond acceptors (Lipinski definition) is 7. The van der Waals surface area contributed by atoms with Gasteiger partial charge in [-0.25, -0.2) is 4.98 Å². The molecule has 168 valence electrons. The number of rotatable bonds is 4. The quantitative estimate of drug-likeness (QED) is 0.360. The van der Waals surface area contributed by atoms with Gasteiger partial charge in [-0.15, -0.1) is 0 Å². The monoisotopic (exact) mass is 470 g/mol. The summed E-state index contributed by atoms with van der Waals surface area (Å²) in [6.07, 6.45) is 0. The molecular formula is C26H18N2O5S. The van der Waals surface area contributed by atoms with Crippen LogP contribution in [0.5, 0.6) is 11.5 Å². The number of fused-ring (bicyclic) bond motifs is 3. The summed E-state index contributed by atoms with van der Waals surface area (Å²) >= 11 is 1.38. The minimum absolute atomic E-state index is 0.0119. The van der Waals surface area contributed by atoms with Crippen LogP contribution in [-0.4, -0.2) is 25.1 Å². The van der Waals surface area contributed by atoms with E-state index in [0.717, 1.165) is 10.2 Å². The van der Waals surface area contributed by atoms with E-state index < -0.39 is 11.9 Å². The van der Waals surface area contributed by atoms with Crippen LogP contribution in [0.2, 0.25) is 0 Å². The van der Waals surface area contributed by atoms with Gasteiger partial charge in [0.05, 0.1) is 35.4 Å². The zero-order valence-corrected chi connectivity index (χ0v) is 19.1. The molecule has 0 aliphatic carbocycles. The molecule has 5 aromatic rings. The second kappa shape index (κ2) is 7.71. The average molecular weight is 471 g/mol. The number of para-hydroxylation sites is 3. The van der Waals surface area contributed by atoms with Crippen molar-refractivity contribution in [1.82, 2.24) is 4.98 Å². The fraction of sp³-hybridized carbons (Fsp3) is 0.115. The molecule has 6 rings (SSSR count). The number of anilines is 1. The predicted molar refractivity (Wildman–Crippen MR) is 130 cm³/mol. The number of hydrogen-bond donors (Lipinski definition) is 0. The molecule has 0 saturated carbocycles. The lowest BCUT2D eigenvalue weighted by Crippen LogP contribution is -2.29. The van der Waals surface area contributed by atoms with Crippen molar-refractivity contribution in [1.29, 1.82) is 0 Å². The maximum Gasteiger partial charge on any atom is 0.297 e. The van der Waals surface area contributed by atoms with E-state index in [4.69, 9.17) is 18.9 Å². The number of aromatic nitrogens is 1. The van der Waals surface area contributed by atoms with E-state index in [1.807, 2.05) is 30.3 Å². The molecule has 7 nitrogen and oxygen atoms in total. The Morgan fingerprint density at radius 3 is 2.53 bits per heavy atom. The number of carbonyl (C=O) groups is 1. The fourth-order valence-corrected chi connectivity index (χ4v) is 5.49. The summed E-state index contributed by atoms with van der Waals surface area (Å²) in [5.41, 5.74) is 1.74. The first-order valence-corrected chi connectivity index (χ1v) is 11.4. The van der Waals surface area contributed by atoms with Gasteiger partial charge in [0.25, 0.3) is 5.91 Å². The molecule has 8 heteroatoms. The third-order valence-corrected chi connectivity index (χ3v) is 7.03. The lowest BCUT2D eigenvalue weighted by molar-refractivity contribution is 0.0971. The van der Waals surface area contributed by atoms with E-state index in [0.29, 0.717) is 33.2 Å². The summed E-state index contributed by atoms with van der Waals surface area (Å²) in [6.45, 7) is 0. The number of amides is 1. The Morgan fingerprint density at radius 1 is 0.941 bits per heavy atom.